The zero-order valence-electron chi connectivity index (χ0n) is 13.7. The normalized spacial score (nSPS) is 14.4. The Balaban J connectivity index is 3.36. The number of ether oxygens (including phenoxy) is 4. The van der Waals surface area contributed by atoms with Crippen LogP contribution in [-0.4, -0.2) is 65.9 Å². The summed E-state index contributed by atoms with van der Waals surface area (Å²) < 4.78 is 21.3. The summed E-state index contributed by atoms with van der Waals surface area (Å²) in [5.74, 6) is 0.630. The molecule has 5 heteroatoms. The summed E-state index contributed by atoms with van der Waals surface area (Å²) in [5, 5.41) is 3.47. The molecular formula is C15H33NO4. The maximum Gasteiger partial charge on any atom is 0.0701 e. The lowest BCUT2D eigenvalue weighted by molar-refractivity contribution is -0.00127. The minimum absolute atomic E-state index is 0.433. The SMILES string of the molecule is CCNC(COCCOCCOCCOC)C(C)CC. The fourth-order valence-corrected chi connectivity index (χ4v) is 1.76. The highest BCUT2D eigenvalue weighted by Gasteiger charge is 2.14. The fraction of sp³-hybridized carbons (Fsp3) is 1.00. The van der Waals surface area contributed by atoms with Gasteiger partial charge in [-0.15, -0.1) is 0 Å². The summed E-state index contributed by atoms with van der Waals surface area (Å²) in [6.45, 7) is 12.0. The van der Waals surface area contributed by atoms with Gasteiger partial charge in [0.05, 0.1) is 46.2 Å². The molecule has 122 valence electrons. The van der Waals surface area contributed by atoms with Crippen LogP contribution in [0, 0.1) is 5.92 Å². The van der Waals surface area contributed by atoms with Crippen LogP contribution in [0.2, 0.25) is 0 Å². The van der Waals surface area contributed by atoms with Gasteiger partial charge in [-0.25, -0.2) is 0 Å². The van der Waals surface area contributed by atoms with Crippen molar-refractivity contribution >= 4 is 0 Å². The number of nitrogens with one attached hydrogen (secondary N) is 1. The first-order chi connectivity index (χ1) is 9.76. The van der Waals surface area contributed by atoms with Gasteiger partial charge in [-0.1, -0.05) is 27.2 Å². The van der Waals surface area contributed by atoms with E-state index in [-0.39, 0.29) is 0 Å². The van der Waals surface area contributed by atoms with Crippen molar-refractivity contribution in [2.45, 2.75) is 33.2 Å². The van der Waals surface area contributed by atoms with E-state index in [1.54, 1.807) is 7.11 Å². The molecule has 0 aliphatic rings. The Labute approximate surface area is 124 Å². The maximum atomic E-state index is 5.67. The van der Waals surface area contributed by atoms with E-state index in [4.69, 9.17) is 18.9 Å². The fourth-order valence-electron chi connectivity index (χ4n) is 1.76. The molecule has 0 fully saturated rings. The second-order valence-corrected chi connectivity index (χ2v) is 4.84. The molecule has 2 atom stereocenters. The van der Waals surface area contributed by atoms with Crippen LogP contribution in [0.1, 0.15) is 27.2 Å². The Hall–Kier alpha value is -0.200. The van der Waals surface area contributed by atoms with Crippen molar-refractivity contribution in [1.29, 1.82) is 0 Å². The third kappa shape index (κ3) is 11.6. The summed E-state index contributed by atoms with van der Waals surface area (Å²) in [6, 6.07) is 0.433. The second-order valence-electron chi connectivity index (χ2n) is 4.84. The monoisotopic (exact) mass is 291 g/mol. The second kappa shape index (κ2) is 15.2. The average molecular weight is 291 g/mol. The molecule has 0 aromatic carbocycles. The lowest BCUT2D eigenvalue weighted by Crippen LogP contribution is -2.39. The summed E-state index contributed by atoms with van der Waals surface area (Å²) in [4.78, 5) is 0. The van der Waals surface area contributed by atoms with Gasteiger partial charge in [0.15, 0.2) is 0 Å². The van der Waals surface area contributed by atoms with E-state index in [2.05, 4.69) is 26.1 Å². The molecule has 0 aromatic rings. The topological polar surface area (TPSA) is 49.0 Å². The molecule has 0 aliphatic carbocycles. The van der Waals surface area contributed by atoms with Crippen molar-refractivity contribution in [1.82, 2.24) is 5.32 Å². The lowest BCUT2D eigenvalue weighted by Gasteiger charge is -2.23. The largest absolute Gasteiger partial charge is 0.382 e. The zero-order valence-corrected chi connectivity index (χ0v) is 13.7. The smallest absolute Gasteiger partial charge is 0.0701 e. The van der Waals surface area contributed by atoms with Gasteiger partial charge in [-0.3, -0.25) is 0 Å². The van der Waals surface area contributed by atoms with Crippen molar-refractivity contribution in [3.63, 3.8) is 0 Å². The Morgan fingerprint density at radius 3 is 1.90 bits per heavy atom. The molecule has 20 heavy (non-hydrogen) atoms. The Morgan fingerprint density at radius 1 is 0.850 bits per heavy atom. The highest BCUT2D eigenvalue weighted by Crippen LogP contribution is 2.07. The van der Waals surface area contributed by atoms with Gasteiger partial charge in [0.25, 0.3) is 0 Å². The lowest BCUT2D eigenvalue weighted by atomic mass is 10.00. The Morgan fingerprint density at radius 2 is 1.40 bits per heavy atom. The molecule has 0 radical (unpaired) electrons. The van der Waals surface area contributed by atoms with Crippen LogP contribution < -0.4 is 5.32 Å². The van der Waals surface area contributed by atoms with Gasteiger partial charge < -0.3 is 24.3 Å². The van der Waals surface area contributed by atoms with Crippen molar-refractivity contribution in [3.8, 4) is 0 Å². The van der Waals surface area contributed by atoms with Gasteiger partial charge in [-0.05, 0) is 12.5 Å². The molecule has 1 N–H and O–H groups in total. The molecule has 0 heterocycles. The molecule has 0 spiro atoms. The highest BCUT2D eigenvalue weighted by atomic mass is 16.6. The first-order valence-corrected chi connectivity index (χ1v) is 7.71. The molecule has 5 nitrogen and oxygen atoms in total. The van der Waals surface area contributed by atoms with E-state index >= 15 is 0 Å². The van der Waals surface area contributed by atoms with Crippen LogP contribution in [0.4, 0.5) is 0 Å². The molecule has 0 rings (SSSR count). The molecule has 2 unspecified atom stereocenters. The summed E-state index contributed by atoms with van der Waals surface area (Å²) in [5.41, 5.74) is 0. The van der Waals surface area contributed by atoms with Crippen LogP contribution in [0.15, 0.2) is 0 Å². The van der Waals surface area contributed by atoms with Crippen LogP contribution in [0.25, 0.3) is 0 Å². The van der Waals surface area contributed by atoms with E-state index in [0.29, 0.717) is 51.6 Å². The van der Waals surface area contributed by atoms with Gasteiger partial charge in [-0.2, -0.15) is 0 Å². The van der Waals surface area contributed by atoms with Gasteiger partial charge in [0.1, 0.15) is 0 Å². The van der Waals surface area contributed by atoms with Crippen LogP contribution >= 0.6 is 0 Å². The van der Waals surface area contributed by atoms with Crippen molar-refractivity contribution in [2.24, 2.45) is 5.92 Å². The number of hydrogen-bond acceptors (Lipinski definition) is 5. The minimum atomic E-state index is 0.433. The van der Waals surface area contributed by atoms with Crippen molar-refractivity contribution in [2.75, 3.05) is 59.9 Å². The maximum absolute atomic E-state index is 5.67. The minimum Gasteiger partial charge on any atom is -0.382 e. The first kappa shape index (κ1) is 19.8. The van der Waals surface area contributed by atoms with Gasteiger partial charge in [0, 0.05) is 13.2 Å². The Kier molecular flexibility index (Phi) is 15.0. The molecule has 0 saturated carbocycles. The predicted octanol–water partition coefficient (Wildman–Crippen LogP) is 1.71. The third-order valence-electron chi connectivity index (χ3n) is 3.27. The molecule has 0 saturated heterocycles. The third-order valence-corrected chi connectivity index (χ3v) is 3.27. The molecule has 0 aromatic heterocycles. The number of methoxy groups -OCH3 is 1. The van der Waals surface area contributed by atoms with Crippen LogP contribution in [0.5, 0.6) is 0 Å². The number of likely N-dealkylation sites (N-methyl/N-ethyl adjacent to an activating group) is 1. The van der Waals surface area contributed by atoms with Crippen molar-refractivity contribution in [3.05, 3.63) is 0 Å². The number of hydrogen-bond donors (Lipinski definition) is 1. The standard InChI is InChI=1S/C15H33NO4/c1-5-14(3)15(16-6-2)13-20-12-11-19-10-9-18-8-7-17-4/h14-16H,5-13H2,1-4H3. The van der Waals surface area contributed by atoms with Gasteiger partial charge >= 0.3 is 0 Å². The van der Waals surface area contributed by atoms with Crippen LogP contribution in [-0.2, 0) is 18.9 Å². The summed E-state index contributed by atoms with van der Waals surface area (Å²) >= 11 is 0. The molecule has 0 aliphatic heterocycles. The van der Waals surface area contributed by atoms with E-state index in [0.717, 1.165) is 19.6 Å². The number of rotatable bonds is 15. The van der Waals surface area contributed by atoms with E-state index in [1.165, 1.54) is 0 Å². The van der Waals surface area contributed by atoms with Crippen molar-refractivity contribution < 1.29 is 18.9 Å². The molecular weight excluding hydrogens is 258 g/mol. The molecule has 0 bridgehead atoms. The van der Waals surface area contributed by atoms with Crippen LogP contribution in [0.3, 0.4) is 0 Å². The average Bonchev–Trinajstić information content (AvgIpc) is 2.47. The zero-order chi connectivity index (χ0) is 15.1. The molecule has 0 amide bonds. The Bertz CT molecular complexity index is 193. The van der Waals surface area contributed by atoms with Gasteiger partial charge in [0.2, 0.25) is 0 Å². The summed E-state index contributed by atoms with van der Waals surface area (Å²) in [6.07, 6.45) is 1.16. The van der Waals surface area contributed by atoms with E-state index in [1.807, 2.05) is 0 Å². The summed E-state index contributed by atoms with van der Waals surface area (Å²) in [7, 11) is 1.66. The highest BCUT2D eigenvalue weighted by molar-refractivity contribution is 4.71. The quantitative estimate of drug-likeness (QED) is 0.465. The van der Waals surface area contributed by atoms with E-state index in [9.17, 15) is 0 Å². The predicted molar refractivity (Wildman–Crippen MR) is 81.3 cm³/mol. The first-order valence-electron chi connectivity index (χ1n) is 7.71. The van der Waals surface area contributed by atoms with E-state index < -0.39 is 0 Å².